The van der Waals surface area contributed by atoms with Crippen LogP contribution in [0.2, 0.25) is 5.02 Å². The predicted octanol–water partition coefficient (Wildman–Crippen LogP) is 2.71. The smallest absolute Gasteiger partial charge is 0.271 e. The van der Waals surface area contributed by atoms with Crippen molar-refractivity contribution in [2.45, 2.75) is 10.6 Å². The SMILES string of the molecule is COc1ccc(Cl)c(NS(=O)(=O)c2ccc(CCN)s2)c1. The first-order chi connectivity index (χ1) is 9.96. The van der Waals surface area contributed by atoms with Crippen LogP contribution >= 0.6 is 22.9 Å². The Kier molecular flexibility index (Phi) is 5.10. The molecular weight excluding hydrogens is 332 g/mol. The molecule has 3 N–H and O–H groups in total. The van der Waals surface area contributed by atoms with Crippen LogP contribution in [-0.4, -0.2) is 22.1 Å². The molecule has 0 fully saturated rings. The zero-order valence-electron chi connectivity index (χ0n) is 11.3. The van der Waals surface area contributed by atoms with Crippen molar-refractivity contribution >= 4 is 38.6 Å². The van der Waals surface area contributed by atoms with Crippen molar-refractivity contribution in [1.82, 2.24) is 0 Å². The van der Waals surface area contributed by atoms with Crippen LogP contribution in [0.4, 0.5) is 5.69 Å². The second kappa shape index (κ2) is 6.65. The Balaban J connectivity index is 2.28. The Bertz CT molecular complexity index is 729. The highest BCUT2D eigenvalue weighted by Crippen LogP contribution is 2.30. The molecule has 0 saturated carbocycles. The van der Waals surface area contributed by atoms with Crippen LogP contribution in [-0.2, 0) is 16.4 Å². The lowest BCUT2D eigenvalue weighted by Crippen LogP contribution is -2.11. The molecule has 0 bridgehead atoms. The van der Waals surface area contributed by atoms with Crippen molar-refractivity contribution in [3.05, 3.63) is 40.2 Å². The van der Waals surface area contributed by atoms with Gasteiger partial charge in [-0.1, -0.05) is 11.6 Å². The van der Waals surface area contributed by atoms with Gasteiger partial charge in [0.05, 0.1) is 17.8 Å². The van der Waals surface area contributed by atoms with E-state index in [0.717, 1.165) is 4.88 Å². The lowest BCUT2D eigenvalue weighted by Gasteiger charge is -2.09. The second-order valence-electron chi connectivity index (χ2n) is 4.21. The summed E-state index contributed by atoms with van der Waals surface area (Å²) in [5.74, 6) is 0.520. The summed E-state index contributed by atoms with van der Waals surface area (Å²) < 4.78 is 32.4. The number of rotatable bonds is 6. The maximum absolute atomic E-state index is 12.3. The molecule has 21 heavy (non-hydrogen) atoms. The standard InChI is InChI=1S/C13H15ClN2O3S2/c1-19-9-2-4-11(14)12(8-9)16-21(17,18)13-5-3-10(20-13)6-7-15/h2-5,8,16H,6-7,15H2,1H3. The number of hydrogen-bond acceptors (Lipinski definition) is 5. The third-order valence-corrected chi connectivity index (χ3v) is 6.04. The van der Waals surface area contributed by atoms with Gasteiger partial charge in [0.25, 0.3) is 10.0 Å². The molecule has 2 aromatic rings. The third kappa shape index (κ3) is 3.88. The molecule has 1 aromatic carbocycles. The summed E-state index contributed by atoms with van der Waals surface area (Å²) in [6.07, 6.45) is 0.653. The van der Waals surface area contributed by atoms with E-state index in [0.29, 0.717) is 23.7 Å². The zero-order valence-corrected chi connectivity index (χ0v) is 13.7. The number of sulfonamides is 1. The zero-order chi connectivity index (χ0) is 15.5. The van der Waals surface area contributed by atoms with E-state index in [4.69, 9.17) is 22.1 Å². The summed E-state index contributed by atoms with van der Waals surface area (Å²) in [5, 5.41) is 0.304. The fraction of sp³-hybridized carbons (Fsp3) is 0.231. The topological polar surface area (TPSA) is 81.4 Å². The van der Waals surface area contributed by atoms with Crippen LogP contribution in [0.1, 0.15) is 4.88 Å². The lowest BCUT2D eigenvalue weighted by molar-refractivity contribution is 0.415. The number of methoxy groups -OCH3 is 1. The molecule has 0 amide bonds. The van der Waals surface area contributed by atoms with E-state index >= 15 is 0 Å². The van der Waals surface area contributed by atoms with Gasteiger partial charge in [-0.05, 0) is 37.2 Å². The van der Waals surface area contributed by atoms with Crippen LogP contribution in [0.25, 0.3) is 0 Å². The van der Waals surface area contributed by atoms with Crippen molar-refractivity contribution in [3.8, 4) is 5.75 Å². The van der Waals surface area contributed by atoms with Gasteiger partial charge in [-0.3, -0.25) is 4.72 Å². The van der Waals surface area contributed by atoms with Crippen LogP contribution in [0.3, 0.4) is 0 Å². The molecule has 0 saturated heterocycles. The van der Waals surface area contributed by atoms with E-state index < -0.39 is 10.0 Å². The summed E-state index contributed by atoms with van der Waals surface area (Å²) in [4.78, 5) is 0.926. The molecule has 0 spiro atoms. The minimum Gasteiger partial charge on any atom is -0.497 e. The summed E-state index contributed by atoms with van der Waals surface area (Å²) in [5.41, 5.74) is 5.75. The number of nitrogens with one attached hydrogen (secondary N) is 1. The fourth-order valence-electron chi connectivity index (χ4n) is 1.68. The Hall–Kier alpha value is -1.28. The van der Waals surface area contributed by atoms with Crippen molar-refractivity contribution in [2.24, 2.45) is 5.73 Å². The Labute approximate surface area is 132 Å². The highest BCUT2D eigenvalue weighted by molar-refractivity contribution is 7.94. The minimum atomic E-state index is -3.67. The summed E-state index contributed by atoms with van der Waals surface area (Å²) in [6.45, 7) is 0.481. The number of ether oxygens (including phenoxy) is 1. The van der Waals surface area contributed by atoms with Gasteiger partial charge in [0.2, 0.25) is 0 Å². The average molecular weight is 347 g/mol. The molecule has 1 heterocycles. The average Bonchev–Trinajstić information content (AvgIpc) is 2.91. The quantitative estimate of drug-likeness (QED) is 0.842. The Morgan fingerprint density at radius 2 is 2.10 bits per heavy atom. The van der Waals surface area contributed by atoms with E-state index in [2.05, 4.69) is 4.72 Å². The van der Waals surface area contributed by atoms with Crippen LogP contribution in [0, 0.1) is 0 Å². The van der Waals surface area contributed by atoms with Gasteiger partial charge in [-0.2, -0.15) is 0 Å². The van der Waals surface area contributed by atoms with Gasteiger partial charge in [0, 0.05) is 10.9 Å². The maximum Gasteiger partial charge on any atom is 0.271 e. The van der Waals surface area contributed by atoms with Crippen molar-refractivity contribution < 1.29 is 13.2 Å². The minimum absolute atomic E-state index is 0.227. The first-order valence-corrected chi connectivity index (χ1v) is 8.79. The normalized spacial score (nSPS) is 11.4. The molecule has 114 valence electrons. The summed E-state index contributed by atoms with van der Waals surface area (Å²) in [7, 11) is -2.17. The molecule has 0 aliphatic carbocycles. The largest absolute Gasteiger partial charge is 0.497 e. The number of benzene rings is 1. The van der Waals surface area contributed by atoms with Crippen LogP contribution < -0.4 is 15.2 Å². The van der Waals surface area contributed by atoms with Crippen molar-refractivity contribution in [2.75, 3.05) is 18.4 Å². The highest BCUT2D eigenvalue weighted by Gasteiger charge is 2.18. The number of thiophene rings is 1. The number of anilines is 1. The number of nitrogens with two attached hydrogens (primary N) is 1. The molecule has 2 rings (SSSR count). The highest BCUT2D eigenvalue weighted by atomic mass is 35.5. The molecule has 8 heteroatoms. The number of hydrogen-bond donors (Lipinski definition) is 2. The van der Waals surface area contributed by atoms with Gasteiger partial charge in [0.15, 0.2) is 0 Å². The van der Waals surface area contributed by atoms with Crippen LogP contribution in [0.5, 0.6) is 5.75 Å². The molecule has 5 nitrogen and oxygen atoms in total. The van der Waals surface area contributed by atoms with Gasteiger partial charge < -0.3 is 10.5 Å². The van der Waals surface area contributed by atoms with Gasteiger partial charge in [-0.25, -0.2) is 8.42 Å². The Morgan fingerprint density at radius 3 is 2.76 bits per heavy atom. The number of halogens is 1. The van der Waals surface area contributed by atoms with Crippen LogP contribution in [0.15, 0.2) is 34.5 Å². The van der Waals surface area contributed by atoms with Gasteiger partial charge in [0.1, 0.15) is 9.96 Å². The third-order valence-electron chi connectivity index (χ3n) is 2.71. The molecule has 0 atom stereocenters. The summed E-state index contributed by atoms with van der Waals surface area (Å²) in [6, 6.07) is 8.09. The maximum atomic E-state index is 12.3. The van der Waals surface area contributed by atoms with Crippen molar-refractivity contribution in [1.29, 1.82) is 0 Å². The molecule has 0 aliphatic heterocycles. The lowest BCUT2D eigenvalue weighted by atomic mass is 10.3. The molecule has 1 aromatic heterocycles. The molecule has 0 unspecified atom stereocenters. The summed E-state index contributed by atoms with van der Waals surface area (Å²) >= 11 is 7.20. The predicted molar refractivity (Wildman–Crippen MR) is 85.9 cm³/mol. The van der Waals surface area contributed by atoms with E-state index in [-0.39, 0.29) is 9.90 Å². The van der Waals surface area contributed by atoms with E-state index in [1.165, 1.54) is 24.5 Å². The molecule has 0 aliphatic rings. The first kappa shape index (κ1) is 16.1. The van der Waals surface area contributed by atoms with Crippen molar-refractivity contribution in [3.63, 3.8) is 0 Å². The monoisotopic (exact) mass is 346 g/mol. The van der Waals surface area contributed by atoms with Gasteiger partial charge >= 0.3 is 0 Å². The molecular formula is C13H15ClN2O3S2. The Morgan fingerprint density at radius 1 is 1.33 bits per heavy atom. The second-order valence-corrected chi connectivity index (χ2v) is 7.70. The first-order valence-electron chi connectivity index (χ1n) is 6.11. The van der Waals surface area contributed by atoms with E-state index in [1.807, 2.05) is 0 Å². The van der Waals surface area contributed by atoms with E-state index in [9.17, 15) is 8.42 Å². The van der Waals surface area contributed by atoms with Gasteiger partial charge in [-0.15, -0.1) is 11.3 Å². The molecule has 0 radical (unpaired) electrons. The van der Waals surface area contributed by atoms with E-state index in [1.54, 1.807) is 24.3 Å². The fourth-order valence-corrected chi connectivity index (χ4v) is 4.35.